The molecule has 0 heterocycles. The van der Waals surface area contributed by atoms with Gasteiger partial charge in [0.05, 0.1) is 7.11 Å². The molecular formula is C17H15BrO3S. The number of thioether (sulfide) groups is 1. The van der Waals surface area contributed by atoms with Crippen molar-refractivity contribution < 1.29 is 14.6 Å². The molecule has 0 amide bonds. The first-order valence-corrected chi connectivity index (χ1v) is 8.50. The minimum atomic E-state index is -0.0772. The highest BCUT2D eigenvalue weighted by Gasteiger charge is 2.07. The third kappa shape index (κ3) is 3.93. The van der Waals surface area contributed by atoms with E-state index in [1.807, 2.05) is 30.5 Å². The molecule has 0 atom stereocenters. The van der Waals surface area contributed by atoms with Crippen molar-refractivity contribution in [2.75, 3.05) is 13.4 Å². The first-order chi connectivity index (χ1) is 10.5. The van der Waals surface area contributed by atoms with Crippen molar-refractivity contribution in [3.63, 3.8) is 0 Å². The number of phenolic OH excluding ortho intramolecular Hbond substituents is 1. The summed E-state index contributed by atoms with van der Waals surface area (Å²) in [6.07, 6.45) is 5.19. The van der Waals surface area contributed by atoms with Crippen LogP contribution in [0.25, 0.3) is 6.08 Å². The van der Waals surface area contributed by atoms with Gasteiger partial charge in [-0.15, -0.1) is 11.8 Å². The number of carbonyl (C=O) groups is 1. The molecule has 2 aromatic carbocycles. The molecule has 2 aromatic rings. The molecule has 0 aliphatic carbocycles. The fourth-order valence-corrected chi connectivity index (χ4v) is 2.74. The van der Waals surface area contributed by atoms with Crippen LogP contribution in [-0.4, -0.2) is 24.3 Å². The van der Waals surface area contributed by atoms with Crippen LogP contribution in [0.3, 0.4) is 0 Å². The van der Waals surface area contributed by atoms with E-state index in [4.69, 9.17) is 4.74 Å². The third-order valence-corrected chi connectivity index (χ3v) is 4.52. The Bertz CT molecular complexity index is 709. The van der Waals surface area contributed by atoms with Crippen molar-refractivity contribution in [2.45, 2.75) is 4.90 Å². The number of allylic oxidation sites excluding steroid dienone is 1. The number of ketones is 1. The van der Waals surface area contributed by atoms with Gasteiger partial charge in [0.1, 0.15) is 0 Å². The van der Waals surface area contributed by atoms with Crippen molar-refractivity contribution in [1.29, 1.82) is 0 Å². The van der Waals surface area contributed by atoms with E-state index < -0.39 is 0 Å². The van der Waals surface area contributed by atoms with Crippen LogP contribution in [-0.2, 0) is 0 Å². The van der Waals surface area contributed by atoms with Gasteiger partial charge < -0.3 is 9.84 Å². The van der Waals surface area contributed by atoms with Gasteiger partial charge >= 0.3 is 0 Å². The van der Waals surface area contributed by atoms with Crippen molar-refractivity contribution in [1.82, 2.24) is 0 Å². The summed E-state index contributed by atoms with van der Waals surface area (Å²) in [5.74, 6) is 0.330. The second-order valence-corrected chi connectivity index (χ2v) is 6.21. The summed E-state index contributed by atoms with van der Waals surface area (Å²) in [5, 5.41) is 9.67. The fraction of sp³-hybridized carbons (Fsp3) is 0.118. The Morgan fingerprint density at radius 2 is 1.95 bits per heavy atom. The number of benzene rings is 2. The number of phenols is 1. The van der Waals surface area contributed by atoms with E-state index in [9.17, 15) is 9.90 Å². The van der Waals surface area contributed by atoms with Crippen LogP contribution < -0.4 is 4.74 Å². The summed E-state index contributed by atoms with van der Waals surface area (Å²) < 4.78 is 5.75. The molecule has 0 unspecified atom stereocenters. The topological polar surface area (TPSA) is 46.5 Å². The van der Waals surface area contributed by atoms with Gasteiger partial charge in [0.15, 0.2) is 17.3 Å². The molecule has 0 aliphatic rings. The van der Waals surface area contributed by atoms with Crippen LogP contribution >= 0.6 is 27.7 Å². The number of hydrogen-bond acceptors (Lipinski definition) is 4. The van der Waals surface area contributed by atoms with Gasteiger partial charge in [-0.1, -0.05) is 15.9 Å². The van der Waals surface area contributed by atoms with E-state index in [0.717, 1.165) is 10.5 Å². The lowest BCUT2D eigenvalue weighted by Crippen LogP contribution is -1.93. The molecule has 0 saturated heterocycles. The summed E-state index contributed by atoms with van der Waals surface area (Å²) in [6, 6.07) is 10.7. The average Bonchev–Trinajstić information content (AvgIpc) is 2.54. The monoisotopic (exact) mass is 378 g/mol. The van der Waals surface area contributed by atoms with Gasteiger partial charge in [0.25, 0.3) is 0 Å². The van der Waals surface area contributed by atoms with Gasteiger partial charge in [-0.2, -0.15) is 0 Å². The van der Waals surface area contributed by atoms with Crippen molar-refractivity contribution in [3.05, 3.63) is 58.1 Å². The Morgan fingerprint density at radius 3 is 2.55 bits per heavy atom. The van der Waals surface area contributed by atoms with Gasteiger partial charge in [-0.05, 0) is 60.4 Å². The summed E-state index contributed by atoms with van der Waals surface area (Å²) in [6.45, 7) is 0. The summed E-state index contributed by atoms with van der Waals surface area (Å²) in [7, 11) is 1.48. The first-order valence-electron chi connectivity index (χ1n) is 6.48. The first kappa shape index (κ1) is 16.6. The van der Waals surface area contributed by atoms with E-state index in [0.29, 0.717) is 15.8 Å². The number of methoxy groups -OCH3 is 1. The second-order valence-electron chi connectivity index (χ2n) is 4.47. The van der Waals surface area contributed by atoms with Gasteiger partial charge in [-0.25, -0.2) is 0 Å². The number of halogens is 1. The molecule has 3 nitrogen and oxygen atoms in total. The van der Waals surface area contributed by atoms with E-state index >= 15 is 0 Å². The molecule has 2 rings (SSSR count). The van der Waals surface area contributed by atoms with E-state index in [1.54, 1.807) is 23.9 Å². The molecule has 0 fully saturated rings. The third-order valence-electron chi connectivity index (χ3n) is 3.09. The molecule has 114 valence electrons. The highest BCUT2D eigenvalue weighted by atomic mass is 79.9. The van der Waals surface area contributed by atoms with Crippen LogP contribution in [0.4, 0.5) is 0 Å². The van der Waals surface area contributed by atoms with E-state index in [2.05, 4.69) is 15.9 Å². The lowest BCUT2D eigenvalue weighted by molar-refractivity contribution is 0.104. The Morgan fingerprint density at radius 1 is 1.27 bits per heavy atom. The lowest BCUT2D eigenvalue weighted by Gasteiger charge is -2.06. The molecule has 0 saturated carbocycles. The zero-order valence-electron chi connectivity index (χ0n) is 12.2. The van der Waals surface area contributed by atoms with E-state index in [1.165, 1.54) is 19.3 Å². The van der Waals surface area contributed by atoms with Crippen LogP contribution in [0.15, 0.2) is 51.8 Å². The van der Waals surface area contributed by atoms with Crippen LogP contribution in [0.5, 0.6) is 11.5 Å². The summed E-state index contributed by atoms with van der Waals surface area (Å²) in [5.41, 5.74) is 1.39. The Kier molecular flexibility index (Phi) is 5.69. The molecule has 0 aliphatic heterocycles. The average molecular weight is 379 g/mol. The van der Waals surface area contributed by atoms with Gasteiger partial charge in [0, 0.05) is 14.9 Å². The predicted octanol–water partition coefficient (Wildman–Crippen LogP) is 4.78. The molecule has 0 bridgehead atoms. The molecule has 0 spiro atoms. The molecule has 22 heavy (non-hydrogen) atoms. The highest BCUT2D eigenvalue weighted by molar-refractivity contribution is 9.10. The van der Waals surface area contributed by atoms with Crippen molar-refractivity contribution >= 4 is 39.6 Å². The SMILES string of the molecule is COc1cc(/C=C/C(=O)c2ccc(SC)cc2)c(Br)cc1O. The second kappa shape index (κ2) is 7.51. The number of aromatic hydroxyl groups is 1. The zero-order chi connectivity index (χ0) is 16.1. The zero-order valence-corrected chi connectivity index (χ0v) is 14.6. The molecule has 0 aromatic heterocycles. The van der Waals surface area contributed by atoms with E-state index in [-0.39, 0.29) is 11.5 Å². The lowest BCUT2D eigenvalue weighted by atomic mass is 10.1. The minimum Gasteiger partial charge on any atom is -0.504 e. The number of hydrogen-bond donors (Lipinski definition) is 1. The number of carbonyl (C=O) groups excluding carboxylic acids is 1. The standard InChI is InChI=1S/C17H15BrO3S/c1-21-17-9-12(14(18)10-16(17)20)5-8-15(19)11-3-6-13(22-2)7-4-11/h3-10,20H,1-2H3/b8-5+. The molecular weight excluding hydrogens is 364 g/mol. The molecule has 1 N–H and O–H groups in total. The fourth-order valence-electron chi connectivity index (χ4n) is 1.87. The maximum Gasteiger partial charge on any atom is 0.185 e. The normalized spacial score (nSPS) is 10.9. The van der Waals surface area contributed by atoms with Crippen molar-refractivity contribution in [3.8, 4) is 11.5 Å². The quantitative estimate of drug-likeness (QED) is 0.461. The Labute approximate surface area is 142 Å². The van der Waals surface area contributed by atoms with Crippen LogP contribution in [0, 0.1) is 0 Å². The van der Waals surface area contributed by atoms with Gasteiger partial charge in [-0.3, -0.25) is 4.79 Å². The Hall–Kier alpha value is -1.72. The van der Waals surface area contributed by atoms with Gasteiger partial charge in [0.2, 0.25) is 0 Å². The molecule has 5 heteroatoms. The predicted molar refractivity (Wildman–Crippen MR) is 93.9 cm³/mol. The van der Waals surface area contributed by atoms with Crippen molar-refractivity contribution in [2.24, 2.45) is 0 Å². The van der Waals surface area contributed by atoms with Crippen LogP contribution in [0.2, 0.25) is 0 Å². The Balaban J connectivity index is 2.22. The smallest absolute Gasteiger partial charge is 0.185 e. The minimum absolute atomic E-state index is 0.0468. The van der Waals surface area contributed by atoms with Crippen LogP contribution in [0.1, 0.15) is 15.9 Å². The maximum absolute atomic E-state index is 12.2. The summed E-state index contributed by atoms with van der Waals surface area (Å²) >= 11 is 4.99. The highest BCUT2D eigenvalue weighted by Crippen LogP contribution is 2.33. The number of ether oxygens (including phenoxy) is 1. The molecule has 0 radical (unpaired) electrons. The maximum atomic E-state index is 12.2. The largest absolute Gasteiger partial charge is 0.504 e. The number of rotatable bonds is 5. The summed E-state index contributed by atoms with van der Waals surface area (Å²) in [4.78, 5) is 13.3.